The van der Waals surface area contributed by atoms with Crippen molar-refractivity contribution < 1.29 is 4.79 Å². The Bertz CT molecular complexity index is 350. The van der Waals surface area contributed by atoms with Crippen molar-refractivity contribution in [3.05, 3.63) is 21.9 Å². The van der Waals surface area contributed by atoms with Gasteiger partial charge in [-0.25, -0.2) is 0 Å². The molecule has 0 radical (unpaired) electrons. The van der Waals surface area contributed by atoms with Crippen LogP contribution < -0.4 is 0 Å². The molecule has 1 aliphatic heterocycles. The summed E-state index contributed by atoms with van der Waals surface area (Å²) in [6.07, 6.45) is 0.972. The number of alkyl halides is 1. The number of amides is 1. The minimum atomic E-state index is 0.0380. The lowest BCUT2D eigenvalue weighted by molar-refractivity contribution is -0.130. The summed E-state index contributed by atoms with van der Waals surface area (Å²) in [6, 6.07) is 2.30. The minimum absolute atomic E-state index is 0.0380. The molecule has 0 fully saturated rings. The molecule has 0 aliphatic carbocycles. The van der Waals surface area contributed by atoms with Gasteiger partial charge in [-0.15, -0.1) is 22.9 Å². The molecular formula is C10H12ClNOS. The van der Waals surface area contributed by atoms with Crippen molar-refractivity contribution in [2.75, 3.05) is 12.4 Å². The molecule has 14 heavy (non-hydrogen) atoms. The number of hydrogen-bond donors (Lipinski definition) is 0. The number of fused-ring (bicyclic) bond motifs is 1. The van der Waals surface area contributed by atoms with Crippen molar-refractivity contribution in [2.24, 2.45) is 0 Å². The maximum Gasteiger partial charge on any atom is 0.238 e. The zero-order valence-corrected chi connectivity index (χ0v) is 9.57. The molecule has 0 N–H and O–H groups in total. The molecule has 1 aromatic rings. The van der Waals surface area contributed by atoms with Crippen LogP contribution in [-0.2, 0) is 11.2 Å². The van der Waals surface area contributed by atoms with Crippen LogP contribution in [0.5, 0.6) is 0 Å². The molecule has 0 saturated carbocycles. The first-order chi connectivity index (χ1) is 6.74. The lowest BCUT2D eigenvalue weighted by atomic mass is 10.0. The summed E-state index contributed by atoms with van der Waals surface area (Å²) in [7, 11) is 0. The van der Waals surface area contributed by atoms with Crippen LogP contribution in [0.3, 0.4) is 0 Å². The van der Waals surface area contributed by atoms with E-state index in [1.54, 1.807) is 11.3 Å². The maximum atomic E-state index is 11.5. The van der Waals surface area contributed by atoms with E-state index < -0.39 is 0 Å². The monoisotopic (exact) mass is 229 g/mol. The number of carbonyl (C=O) groups excluding carboxylic acids is 1. The van der Waals surface area contributed by atoms with Gasteiger partial charge in [0.05, 0.1) is 6.04 Å². The summed E-state index contributed by atoms with van der Waals surface area (Å²) < 4.78 is 0. The summed E-state index contributed by atoms with van der Waals surface area (Å²) in [5.41, 5.74) is 1.29. The summed E-state index contributed by atoms with van der Waals surface area (Å²) in [6.45, 7) is 2.87. The molecule has 0 saturated heterocycles. The van der Waals surface area contributed by atoms with Crippen molar-refractivity contribution >= 4 is 28.8 Å². The standard InChI is InChI=1S/C10H12ClNOS/c1-7-8-3-5-14-9(8)2-4-12(7)10(13)6-11/h3,5,7H,2,4,6H2,1H3. The van der Waals surface area contributed by atoms with Gasteiger partial charge >= 0.3 is 0 Å². The van der Waals surface area contributed by atoms with Gasteiger partial charge in [0.25, 0.3) is 0 Å². The predicted molar refractivity (Wildman–Crippen MR) is 58.9 cm³/mol. The van der Waals surface area contributed by atoms with E-state index in [1.165, 1.54) is 10.4 Å². The van der Waals surface area contributed by atoms with Crippen LogP contribution in [0.25, 0.3) is 0 Å². The zero-order valence-electron chi connectivity index (χ0n) is 8.00. The molecule has 2 nitrogen and oxygen atoms in total. The molecular weight excluding hydrogens is 218 g/mol. The fourth-order valence-electron chi connectivity index (χ4n) is 1.93. The second-order valence-corrected chi connectivity index (χ2v) is 4.71. The van der Waals surface area contributed by atoms with Gasteiger partial charge in [-0.3, -0.25) is 4.79 Å². The fraction of sp³-hybridized carbons (Fsp3) is 0.500. The molecule has 2 heterocycles. The summed E-state index contributed by atoms with van der Waals surface area (Å²) in [4.78, 5) is 14.8. The van der Waals surface area contributed by atoms with Gasteiger partial charge in [-0.05, 0) is 30.4 Å². The Morgan fingerprint density at radius 2 is 2.57 bits per heavy atom. The van der Waals surface area contributed by atoms with Gasteiger partial charge in [-0.2, -0.15) is 0 Å². The van der Waals surface area contributed by atoms with Gasteiger partial charge in [-0.1, -0.05) is 0 Å². The highest BCUT2D eigenvalue weighted by atomic mass is 35.5. The zero-order chi connectivity index (χ0) is 10.1. The molecule has 2 rings (SSSR count). The first-order valence-electron chi connectivity index (χ1n) is 4.65. The highest BCUT2D eigenvalue weighted by Gasteiger charge is 2.27. The van der Waals surface area contributed by atoms with Crippen molar-refractivity contribution in [1.82, 2.24) is 4.90 Å². The van der Waals surface area contributed by atoms with E-state index in [0.717, 1.165) is 13.0 Å². The van der Waals surface area contributed by atoms with Gasteiger partial charge < -0.3 is 4.90 Å². The van der Waals surface area contributed by atoms with E-state index in [4.69, 9.17) is 11.6 Å². The predicted octanol–water partition coefficient (Wildman–Crippen LogP) is 2.43. The van der Waals surface area contributed by atoms with E-state index in [-0.39, 0.29) is 17.8 Å². The molecule has 4 heteroatoms. The normalized spacial score (nSPS) is 20.7. The maximum absolute atomic E-state index is 11.5. The van der Waals surface area contributed by atoms with Gasteiger partial charge in [0.2, 0.25) is 5.91 Å². The van der Waals surface area contributed by atoms with Crippen LogP contribution in [0, 0.1) is 0 Å². The van der Waals surface area contributed by atoms with E-state index in [2.05, 4.69) is 18.4 Å². The number of hydrogen-bond acceptors (Lipinski definition) is 2. The second kappa shape index (κ2) is 3.91. The number of nitrogens with zero attached hydrogens (tertiary/aromatic N) is 1. The molecule has 1 atom stereocenters. The molecule has 0 aromatic carbocycles. The van der Waals surface area contributed by atoms with E-state index in [9.17, 15) is 4.79 Å². The number of thiophene rings is 1. The number of rotatable bonds is 1. The van der Waals surface area contributed by atoms with Crippen LogP contribution in [0.1, 0.15) is 23.4 Å². The first-order valence-corrected chi connectivity index (χ1v) is 6.07. The highest BCUT2D eigenvalue weighted by molar-refractivity contribution is 7.10. The van der Waals surface area contributed by atoms with Crippen LogP contribution >= 0.6 is 22.9 Å². The largest absolute Gasteiger partial charge is 0.335 e. The minimum Gasteiger partial charge on any atom is -0.335 e. The lowest BCUT2D eigenvalue weighted by Gasteiger charge is -2.33. The van der Waals surface area contributed by atoms with E-state index >= 15 is 0 Å². The summed E-state index contributed by atoms with van der Waals surface area (Å²) >= 11 is 7.34. The van der Waals surface area contributed by atoms with Crippen molar-refractivity contribution in [1.29, 1.82) is 0 Å². The SMILES string of the molecule is CC1c2ccsc2CCN1C(=O)CCl. The number of halogens is 1. The molecule has 1 amide bonds. The Morgan fingerprint density at radius 3 is 3.29 bits per heavy atom. The Morgan fingerprint density at radius 1 is 1.79 bits per heavy atom. The van der Waals surface area contributed by atoms with Gasteiger partial charge in [0.1, 0.15) is 5.88 Å². The summed E-state index contributed by atoms with van der Waals surface area (Å²) in [5, 5.41) is 2.09. The van der Waals surface area contributed by atoms with Crippen LogP contribution in [-0.4, -0.2) is 23.2 Å². The van der Waals surface area contributed by atoms with Gasteiger partial charge in [0, 0.05) is 11.4 Å². The molecule has 1 aromatic heterocycles. The third-order valence-corrected chi connectivity index (χ3v) is 3.94. The molecule has 0 bridgehead atoms. The fourth-order valence-corrected chi connectivity index (χ4v) is 3.04. The van der Waals surface area contributed by atoms with Crippen molar-refractivity contribution in [2.45, 2.75) is 19.4 Å². The third-order valence-electron chi connectivity index (χ3n) is 2.71. The molecule has 1 unspecified atom stereocenters. The topological polar surface area (TPSA) is 20.3 Å². The van der Waals surface area contributed by atoms with E-state index in [1.807, 2.05) is 4.90 Å². The first kappa shape index (κ1) is 9.99. The lowest BCUT2D eigenvalue weighted by Crippen LogP contribution is -2.38. The smallest absolute Gasteiger partial charge is 0.238 e. The molecule has 1 aliphatic rings. The molecule has 0 spiro atoms. The van der Waals surface area contributed by atoms with Crippen molar-refractivity contribution in [3.63, 3.8) is 0 Å². The Balaban J connectivity index is 2.25. The molecule has 76 valence electrons. The Labute approximate surface area is 92.5 Å². The second-order valence-electron chi connectivity index (χ2n) is 3.45. The van der Waals surface area contributed by atoms with Gasteiger partial charge in [0.15, 0.2) is 0 Å². The highest BCUT2D eigenvalue weighted by Crippen LogP contribution is 2.32. The van der Waals surface area contributed by atoms with Crippen LogP contribution in [0.4, 0.5) is 0 Å². The quantitative estimate of drug-likeness (QED) is 0.678. The average Bonchev–Trinajstić information content (AvgIpc) is 2.66. The third kappa shape index (κ3) is 1.55. The Kier molecular flexibility index (Phi) is 2.79. The number of carbonyl (C=O) groups is 1. The van der Waals surface area contributed by atoms with E-state index in [0.29, 0.717) is 0 Å². The average molecular weight is 230 g/mol. The Hall–Kier alpha value is -0.540. The summed E-state index contributed by atoms with van der Waals surface area (Å²) in [5.74, 6) is 0.125. The van der Waals surface area contributed by atoms with Crippen LogP contribution in [0.2, 0.25) is 0 Å². The van der Waals surface area contributed by atoms with Crippen molar-refractivity contribution in [3.8, 4) is 0 Å². The van der Waals surface area contributed by atoms with Crippen LogP contribution in [0.15, 0.2) is 11.4 Å².